The van der Waals surface area contributed by atoms with E-state index in [-0.39, 0.29) is 11.6 Å². The van der Waals surface area contributed by atoms with Crippen molar-refractivity contribution in [2.24, 2.45) is 0 Å². The van der Waals surface area contributed by atoms with E-state index in [0.717, 1.165) is 25.3 Å². The molecule has 0 fully saturated rings. The minimum atomic E-state index is -5.12. The summed E-state index contributed by atoms with van der Waals surface area (Å²) in [6.45, 7) is 0. The summed E-state index contributed by atoms with van der Waals surface area (Å²) in [4.78, 5) is 23.9. The Hall–Kier alpha value is -4.01. The summed E-state index contributed by atoms with van der Waals surface area (Å²) in [5.41, 5.74) is -5.04. The molecule has 0 atom stereocenters. The largest absolute Gasteiger partial charge is 0.507 e. The molecule has 2 aromatic carbocycles. The van der Waals surface area contributed by atoms with Crippen LogP contribution in [0.15, 0.2) is 42.0 Å². The van der Waals surface area contributed by atoms with Gasteiger partial charge in [-0.15, -0.1) is 0 Å². The number of ether oxygens (including phenoxy) is 1. The van der Waals surface area contributed by atoms with Crippen LogP contribution in [0.25, 0.3) is 6.08 Å². The van der Waals surface area contributed by atoms with E-state index in [4.69, 9.17) is 5.26 Å². The lowest BCUT2D eigenvalue weighted by molar-refractivity contribution is -0.143. The molecule has 0 aromatic heterocycles. The molecule has 12 heteroatoms. The zero-order valence-corrected chi connectivity index (χ0v) is 15.9. The first-order valence-corrected chi connectivity index (χ1v) is 8.40. The Balaban J connectivity index is 2.46. The number of anilines is 1. The van der Waals surface area contributed by atoms with Crippen LogP contribution in [0.2, 0.25) is 0 Å². The highest BCUT2D eigenvalue weighted by molar-refractivity contribution is 6.07. The molecule has 0 saturated carbocycles. The van der Waals surface area contributed by atoms with Crippen molar-refractivity contribution in [3.63, 3.8) is 0 Å². The zero-order valence-electron chi connectivity index (χ0n) is 15.9. The van der Waals surface area contributed by atoms with Crippen LogP contribution >= 0.6 is 0 Å². The van der Waals surface area contributed by atoms with Gasteiger partial charge in [0.2, 0.25) is 0 Å². The number of benzene rings is 2. The van der Waals surface area contributed by atoms with E-state index in [1.807, 2.05) is 5.32 Å². The van der Waals surface area contributed by atoms with Gasteiger partial charge in [0.15, 0.2) is 0 Å². The van der Waals surface area contributed by atoms with Crippen molar-refractivity contribution in [2.75, 3.05) is 12.4 Å². The summed E-state index contributed by atoms with van der Waals surface area (Å²) in [5.74, 6) is -2.88. The number of methoxy groups -OCH3 is 1. The fraction of sp³-hybridized carbons (Fsp3) is 0.150. The number of nitrogens with one attached hydrogen (secondary N) is 1. The first kappa shape index (κ1) is 24.3. The average molecular weight is 458 g/mol. The number of phenolic OH excluding ortho intramolecular Hbond substituents is 1. The molecule has 0 heterocycles. The number of alkyl halides is 6. The van der Waals surface area contributed by atoms with E-state index in [9.17, 15) is 41.0 Å². The number of nitrogens with zero attached hydrogens (tertiary/aromatic N) is 1. The van der Waals surface area contributed by atoms with Crippen LogP contribution in [0, 0.1) is 11.3 Å². The molecule has 1 amide bonds. The van der Waals surface area contributed by atoms with Gasteiger partial charge in [0.1, 0.15) is 17.4 Å². The van der Waals surface area contributed by atoms with Gasteiger partial charge in [0.25, 0.3) is 5.91 Å². The number of amides is 1. The molecule has 6 nitrogen and oxygen atoms in total. The lowest BCUT2D eigenvalue weighted by Crippen LogP contribution is -2.16. The third-order valence-corrected chi connectivity index (χ3v) is 3.95. The summed E-state index contributed by atoms with van der Waals surface area (Å²) in [5, 5.41) is 20.7. The Labute approximate surface area is 176 Å². The van der Waals surface area contributed by atoms with Crippen LogP contribution in [-0.4, -0.2) is 24.1 Å². The smallest absolute Gasteiger partial charge is 0.416 e. The Morgan fingerprint density at radius 1 is 1.03 bits per heavy atom. The van der Waals surface area contributed by atoms with E-state index in [1.54, 1.807) is 6.07 Å². The van der Waals surface area contributed by atoms with Gasteiger partial charge in [0.05, 0.1) is 23.8 Å². The molecular formula is C20H12F6N2O4. The van der Waals surface area contributed by atoms with Gasteiger partial charge < -0.3 is 15.2 Å². The minimum Gasteiger partial charge on any atom is -0.507 e. The standard InChI is InChI=1S/C20H12F6N2O4/c1-32-18(31)11(9-27)4-10-2-3-16(29)15(5-10)17(30)28-14-7-12(19(21,22)23)6-13(8-14)20(24,25)26/h2-8,29H,1H3,(H,28,30). The lowest BCUT2D eigenvalue weighted by Gasteiger charge is -2.15. The second-order valence-electron chi connectivity index (χ2n) is 6.19. The SMILES string of the molecule is COC(=O)C(C#N)=Cc1ccc(O)c(C(=O)Nc2cc(C(F)(F)F)cc(C(F)(F)F)c2)c1. The maximum Gasteiger partial charge on any atom is 0.416 e. The number of hydrogen-bond donors (Lipinski definition) is 2. The molecule has 0 aliphatic rings. The monoisotopic (exact) mass is 458 g/mol. The fourth-order valence-electron chi connectivity index (χ4n) is 2.46. The molecule has 0 spiro atoms. The van der Waals surface area contributed by atoms with E-state index in [2.05, 4.69) is 4.74 Å². The van der Waals surface area contributed by atoms with E-state index < -0.39 is 57.9 Å². The summed E-state index contributed by atoms with van der Waals surface area (Å²) >= 11 is 0. The van der Waals surface area contributed by atoms with E-state index in [0.29, 0.717) is 12.1 Å². The van der Waals surface area contributed by atoms with Crippen LogP contribution in [-0.2, 0) is 21.9 Å². The number of phenols is 1. The summed E-state index contributed by atoms with van der Waals surface area (Å²) < 4.78 is 82.2. The quantitative estimate of drug-likeness (QED) is 0.298. The Morgan fingerprint density at radius 3 is 2.06 bits per heavy atom. The number of hydrogen-bond acceptors (Lipinski definition) is 5. The predicted octanol–water partition coefficient (Wildman–Crippen LogP) is 4.76. The van der Waals surface area contributed by atoms with Crippen molar-refractivity contribution in [3.8, 4) is 11.8 Å². The normalized spacial score (nSPS) is 12.1. The predicted molar refractivity (Wildman–Crippen MR) is 98.1 cm³/mol. The first-order chi connectivity index (χ1) is 14.8. The highest BCUT2D eigenvalue weighted by atomic mass is 19.4. The zero-order chi connectivity index (χ0) is 24.3. The third-order valence-electron chi connectivity index (χ3n) is 3.95. The molecule has 0 unspecified atom stereocenters. The first-order valence-electron chi connectivity index (χ1n) is 8.40. The molecule has 0 bridgehead atoms. The van der Waals surface area contributed by atoms with Crippen LogP contribution in [0.4, 0.5) is 32.0 Å². The maximum atomic E-state index is 13.0. The van der Waals surface area contributed by atoms with Gasteiger partial charge in [-0.25, -0.2) is 4.79 Å². The molecule has 2 aromatic rings. The molecule has 0 radical (unpaired) electrons. The van der Waals surface area contributed by atoms with Crippen molar-refractivity contribution >= 4 is 23.6 Å². The van der Waals surface area contributed by atoms with Crippen molar-refractivity contribution in [1.82, 2.24) is 0 Å². The van der Waals surface area contributed by atoms with Crippen LogP contribution in [0.1, 0.15) is 27.0 Å². The molecule has 168 valence electrons. The molecule has 0 aliphatic carbocycles. The van der Waals surface area contributed by atoms with Crippen LogP contribution in [0.3, 0.4) is 0 Å². The van der Waals surface area contributed by atoms with Gasteiger partial charge in [-0.1, -0.05) is 6.07 Å². The number of nitriles is 1. The minimum absolute atomic E-state index is 0.0509. The molecule has 0 aliphatic heterocycles. The molecule has 0 saturated heterocycles. The second kappa shape index (κ2) is 9.01. The van der Waals surface area contributed by atoms with Crippen molar-refractivity contribution in [3.05, 3.63) is 64.2 Å². The number of halogens is 6. The average Bonchev–Trinajstić information content (AvgIpc) is 2.70. The number of carbonyl (C=O) groups excluding carboxylic acids is 2. The second-order valence-corrected chi connectivity index (χ2v) is 6.19. The fourth-order valence-corrected chi connectivity index (χ4v) is 2.46. The summed E-state index contributed by atoms with van der Waals surface area (Å²) in [6.07, 6.45) is -9.22. The Bertz CT molecular complexity index is 1100. The molecule has 2 rings (SSSR count). The van der Waals surface area contributed by atoms with Gasteiger partial charge in [-0.3, -0.25) is 4.79 Å². The van der Waals surface area contributed by atoms with Crippen molar-refractivity contribution in [2.45, 2.75) is 12.4 Å². The van der Waals surface area contributed by atoms with Crippen molar-refractivity contribution < 1.29 is 45.8 Å². The van der Waals surface area contributed by atoms with Gasteiger partial charge in [-0.2, -0.15) is 31.6 Å². The van der Waals surface area contributed by atoms with Crippen LogP contribution in [0.5, 0.6) is 5.75 Å². The summed E-state index contributed by atoms with van der Waals surface area (Å²) in [7, 11) is 1.02. The van der Waals surface area contributed by atoms with E-state index in [1.165, 1.54) is 6.07 Å². The molecular weight excluding hydrogens is 446 g/mol. The third kappa shape index (κ3) is 5.78. The van der Waals surface area contributed by atoms with Gasteiger partial charge in [0, 0.05) is 5.69 Å². The van der Waals surface area contributed by atoms with Crippen molar-refractivity contribution in [1.29, 1.82) is 5.26 Å². The van der Waals surface area contributed by atoms with Gasteiger partial charge >= 0.3 is 18.3 Å². The highest BCUT2D eigenvalue weighted by Gasteiger charge is 2.37. The number of rotatable bonds is 4. The molecule has 32 heavy (non-hydrogen) atoms. The van der Waals surface area contributed by atoms with Crippen LogP contribution < -0.4 is 5.32 Å². The van der Waals surface area contributed by atoms with E-state index >= 15 is 0 Å². The Kier molecular flexibility index (Phi) is 6.83. The summed E-state index contributed by atoms with van der Waals surface area (Å²) in [6, 6.07) is 5.23. The number of aromatic hydroxyl groups is 1. The number of carbonyl (C=O) groups is 2. The highest BCUT2D eigenvalue weighted by Crippen LogP contribution is 2.37. The number of esters is 1. The Morgan fingerprint density at radius 2 is 1.59 bits per heavy atom. The topological polar surface area (TPSA) is 99.4 Å². The van der Waals surface area contributed by atoms with Gasteiger partial charge in [-0.05, 0) is 42.0 Å². The maximum absolute atomic E-state index is 13.0. The lowest BCUT2D eigenvalue weighted by atomic mass is 10.1. The molecule has 2 N–H and O–H groups in total.